The van der Waals surface area contributed by atoms with Crippen LogP contribution in [0.3, 0.4) is 0 Å². The molecule has 1 amide bonds. The highest BCUT2D eigenvalue weighted by molar-refractivity contribution is 7.13. The van der Waals surface area contributed by atoms with Crippen molar-refractivity contribution in [1.29, 1.82) is 0 Å². The zero-order chi connectivity index (χ0) is 28.2. The zero-order valence-corrected chi connectivity index (χ0v) is 22.7. The largest absolute Gasteiger partial charge is 0.496 e. The average molecular weight is 570 g/mol. The molecule has 1 fully saturated rings. The highest BCUT2D eigenvalue weighted by Gasteiger charge is 2.25. The van der Waals surface area contributed by atoms with Gasteiger partial charge in [0.25, 0.3) is 5.56 Å². The molecule has 0 atom stereocenters. The molecular formula is C29H29F2N3O5S. The van der Waals surface area contributed by atoms with Gasteiger partial charge < -0.3 is 14.4 Å². The minimum atomic E-state index is -1.28. The summed E-state index contributed by atoms with van der Waals surface area (Å²) in [6, 6.07) is 13.8. The third kappa shape index (κ3) is 5.38. The number of halogens is 2. The van der Waals surface area contributed by atoms with Crippen molar-refractivity contribution in [2.45, 2.75) is 31.5 Å². The molecule has 1 aliphatic heterocycles. The maximum absolute atomic E-state index is 13.9. The van der Waals surface area contributed by atoms with Crippen molar-refractivity contribution in [3.8, 4) is 21.9 Å². The van der Waals surface area contributed by atoms with Gasteiger partial charge in [0.05, 0.1) is 24.6 Å². The number of carbonyl (C=O) groups excluding carboxylic acids is 1. The molecule has 5 rings (SSSR count). The third-order valence-corrected chi connectivity index (χ3v) is 8.10. The van der Waals surface area contributed by atoms with Gasteiger partial charge in [-0.25, -0.2) is 13.6 Å². The number of alkyl halides is 2. The number of aromatic nitrogens is 2. The lowest BCUT2D eigenvalue weighted by atomic mass is 10.0. The molecule has 3 heterocycles. The van der Waals surface area contributed by atoms with Gasteiger partial charge in [-0.3, -0.25) is 18.7 Å². The van der Waals surface area contributed by atoms with Gasteiger partial charge in [-0.2, -0.15) is 0 Å². The topological polar surface area (TPSA) is 82.8 Å². The van der Waals surface area contributed by atoms with E-state index in [9.17, 15) is 23.2 Å². The van der Waals surface area contributed by atoms with Crippen LogP contribution in [0.4, 0.5) is 8.78 Å². The van der Waals surface area contributed by atoms with E-state index in [0.717, 1.165) is 16.9 Å². The molecule has 1 aliphatic rings. The first-order chi connectivity index (χ1) is 19.5. The van der Waals surface area contributed by atoms with Crippen molar-refractivity contribution in [3.63, 3.8) is 0 Å². The molecule has 0 aliphatic carbocycles. The number of benzene rings is 2. The number of methoxy groups -OCH3 is 1. The lowest BCUT2D eigenvalue weighted by Gasteiger charge is -2.31. The van der Waals surface area contributed by atoms with E-state index < -0.39 is 30.7 Å². The first kappa shape index (κ1) is 27.6. The van der Waals surface area contributed by atoms with E-state index in [1.165, 1.54) is 16.7 Å². The maximum Gasteiger partial charge on any atom is 0.332 e. The van der Waals surface area contributed by atoms with E-state index in [0.29, 0.717) is 42.8 Å². The first-order valence-corrected chi connectivity index (χ1v) is 13.8. The summed E-state index contributed by atoms with van der Waals surface area (Å²) in [5.74, 6) is 0.758. The highest BCUT2D eigenvalue weighted by Crippen LogP contribution is 2.34. The van der Waals surface area contributed by atoms with Crippen molar-refractivity contribution in [1.82, 2.24) is 14.0 Å². The van der Waals surface area contributed by atoms with Crippen LogP contribution < -0.4 is 20.7 Å². The third-order valence-electron chi connectivity index (χ3n) is 7.19. The second-order valence-corrected chi connectivity index (χ2v) is 10.6. The number of thiophene rings is 1. The van der Waals surface area contributed by atoms with Crippen molar-refractivity contribution >= 4 is 28.6 Å². The molecule has 11 heteroatoms. The molecule has 0 spiro atoms. The molecular weight excluding hydrogens is 540 g/mol. The van der Waals surface area contributed by atoms with E-state index in [1.54, 1.807) is 34.0 Å². The van der Waals surface area contributed by atoms with Crippen LogP contribution in [0.2, 0.25) is 0 Å². The van der Waals surface area contributed by atoms with E-state index in [2.05, 4.69) is 0 Å². The second kappa shape index (κ2) is 12.0. The summed E-state index contributed by atoms with van der Waals surface area (Å²) in [4.78, 5) is 41.6. The smallest absolute Gasteiger partial charge is 0.332 e. The normalized spacial score (nSPS) is 14.2. The van der Waals surface area contributed by atoms with Crippen molar-refractivity contribution < 1.29 is 23.0 Å². The number of hydrogen-bond donors (Lipinski definition) is 0. The summed E-state index contributed by atoms with van der Waals surface area (Å²) >= 11 is 1.58. The van der Waals surface area contributed by atoms with E-state index >= 15 is 0 Å². The summed E-state index contributed by atoms with van der Waals surface area (Å²) < 4.78 is 40.1. The predicted octanol–water partition coefficient (Wildman–Crippen LogP) is 4.43. The molecule has 40 heavy (non-hydrogen) atoms. The Labute approximate surface area is 233 Å². The van der Waals surface area contributed by atoms with Crippen LogP contribution in [-0.2, 0) is 11.3 Å². The Bertz CT molecular complexity index is 1610. The van der Waals surface area contributed by atoms with Gasteiger partial charge in [0, 0.05) is 29.6 Å². The molecule has 2 aromatic heterocycles. The van der Waals surface area contributed by atoms with Gasteiger partial charge in [0.2, 0.25) is 6.41 Å². The maximum atomic E-state index is 13.9. The summed E-state index contributed by atoms with van der Waals surface area (Å²) in [5, 5.41) is 2.18. The van der Waals surface area contributed by atoms with Crippen molar-refractivity contribution in [2.24, 2.45) is 0 Å². The Morgan fingerprint density at radius 2 is 1.85 bits per heavy atom. The molecule has 8 nitrogen and oxygen atoms in total. The molecule has 0 bridgehead atoms. The summed E-state index contributed by atoms with van der Waals surface area (Å²) in [7, 11) is 1.57. The SMILES string of the molecule is COc1cc(Cn2c(=O)c3cc(OC(CF)CF)ccc3n(C3CCN(C=O)CC3)c2=O)ccc1-c1cccs1. The Hall–Kier alpha value is -3.99. The lowest BCUT2D eigenvalue weighted by molar-refractivity contribution is -0.119. The number of carbonyl (C=O) groups is 1. The lowest BCUT2D eigenvalue weighted by Crippen LogP contribution is -2.44. The Kier molecular flexibility index (Phi) is 8.29. The van der Waals surface area contributed by atoms with Crippen LogP contribution in [0.1, 0.15) is 24.4 Å². The molecule has 4 aromatic rings. The standard InChI is InChI=1S/C29H29F2N3O5S/c1-38-26-13-19(4-6-23(26)27-3-2-12-40-27)17-33-28(36)24-14-21(39-22(15-30)16-31)5-7-25(24)34(29(33)37)20-8-10-32(18-35)11-9-20/h2-7,12-14,18,20,22H,8-11,15-17H2,1H3. The molecule has 1 saturated heterocycles. The number of amides is 1. The van der Waals surface area contributed by atoms with E-state index in [1.807, 2.05) is 35.7 Å². The number of ether oxygens (including phenoxy) is 2. The van der Waals surface area contributed by atoms with Crippen LogP contribution in [0, 0.1) is 0 Å². The van der Waals surface area contributed by atoms with Crippen molar-refractivity contribution in [3.05, 3.63) is 80.3 Å². The Morgan fingerprint density at radius 1 is 1.07 bits per heavy atom. The number of nitrogens with zero attached hydrogens (tertiary/aromatic N) is 3. The van der Waals surface area contributed by atoms with Gasteiger partial charge in [0.1, 0.15) is 24.8 Å². The number of hydrogen-bond acceptors (Lipinski definition) is 6. The molecule has 2 aromatic carbocycles. The first-order valence-electron chi connectivity index (χ1n) is 12.9. The molecule has 0 N–H and O–H groups in total. The fraction of sp³-hybridized carbons (Fsp3) is 0.345. The van der Waals surface area contributed by atoms with Gasteiger partial charge >= 0.3 is 5.69 Å². The van der Waals surface area contributed by atoms with Gasteiger partial charge in [-0.05, 0) is 60.2 Å². The van der Waals surface area contributed by atoms with E-state index in [4.69, 9.17) is 9.47 Å². The fourth-order valence-electron chi connectivity index (χ4n) is 5.13. The summed E-state index contributed by atoms with van der Waals surface area (Å²) in [5.41, 5.74) is 1.00. The van der Waals surface area contributed by atoms with Gasteiger partial charge in [-0.1, -0.05) is 12.1 Å². The summed E-state index contributed by atoms with van der Waals surface area (Å²) in [6.07, 6.45) is 0.590. The molecule has 210 valence electrons. The molecule has 0 radical (unpaired) electrons. The number of fused-ring (bicyclic) bond motifs is 1. The summed E-state index contributed by atoms with van der Waals surface area (Å²) in [6.45, 7) is -1.07. The number of piperidine rings is 1. The van der Waals surface area contributed by atoms with Gasteiger partial charge in [0.15, 0.2) is 6.10 Å². The van der Waals surface area contributed by atoms with Crippen LogP contribution in [0.25, 0.3) is 21.3 Å². The average Bonchev–Trinajstić information content (AvgIpc) is 3.53. The minimum absolute atomic E-state index is 0.00939. The zero-order valence-electron chi connectivity index (χ0n) is 21.9. The Balaban J connectivity index is 1.61. The predicted molar refractivity (Wildman–Crippen MR) is 150 cm³/mol. The van der Waals surface area contributed by atoms with Crippen LogP contribution in [0.5, 0.6) is 11.5 Å². The Morgan fingerprint density at radius 3 is 2.50 bits per heavy atom. The highest BCUT2D eigenvalue weighted by atomic mass is 32.1. The van der Waals surface area contributed by atoms with Crippen LogP contribution in [0.15, 0.2) is 63.5 Å². The molecule has 0 saturated carbocycles. The van der Waals surface area contributed by atoms with Crippen LogP contribution in [-0.4, -0.2) is 60.1 Å². The number of likely N-dealkylation sites (tertiary alicyclic amines) is 1. The van der Waals surface area contributed by atoms with E-state index in [-0.39, 0.29) is 23.7 Å². The van der Waals surface area contributed by atoms with Crippen LogP contribution >= 0.6 is 11.3 Å². The number of rotatable bonds is 10. The molecule has 0 unspecified atom stereocenters. The second-order valence-electron chi connectivity index (χ2n) is 9.66. The quantitative estimate of drug-likeness (QED) is 0.264. The monoisotopic (exact) mass is 569 g/mol. The minimum Gasteiger partial charge on any atom is -0.496 e. The fourth-order valence-corrected chi connectivity index (χ4v) is 5.88. The van der Waals surface area contributed by atoms with Gasteiger partial charge in [-0.15, -0.1) is 11.3 Å². The van der Waals surface area contributed by atoms with Crippen molar-refractivity contribution in [2.75, 3.05) is 33.5 Å².